The van der Waals surface area contributed by atoms with Crippen LogP contribution >= 0.6 is 11.8 Å². The number of aliphatic carboxylic acids is 1. The number of pyridine rings is 1. The number of carbonyl (C=O) groups is 4. The number of hydrogen-bond acceptors (Lipinski definition) is 6. The first-order valence-corrected chi connectivity index (χ1v) is 8.77. The number of anilines is 1. The Labute approximate surface area is 153 Å². The average molecular weight is 378 g/mol. The fourth-order valence-electron chi connectivity index (χ4n) is 3.15. The van der Waals surface area contributed by atoms with Gasteiger partial charge in [-0.25, -0.2) is 9.78 Å². The summed E-state index contributed by atoms with van der Waals surface area (Å²) in [4.78, 5) is 52.5. The van der Waals surface area contributed by atoms with Gasteiger partial charge in [-0.05, 0) is 26.0 Å². The van der Waals surface area contributed by atoms with Crippen molar-refractivity contribution in [3.8, 4) is 0 Å². The molecule has 2 aliphatic rings. The minimum absolute atomic E-state index is 0.238. The largest absolute Gasteiger partial charge is 0.480 e. The van der Waals surface area contributed by atoms with Crippen LogP contribution in [0, 0.1) is 0 Å². The molecule has 9 nitrogen and oxygen atoms in total. The molecule has 0 saturated carbocycles. The third-order valence-corrected chi connectivity index (χ3v) is 5.86. The highest BCUT2D eigenvalue weighted by molar-refractivity contribution is 8.01. The smallest absolute Gasteiger partial charge is 0.327 e. The Morgan fingerprint density at radius 2 is 2.00 bits per heavy atom. The third kappa shape index (κ3) is 3.00. The standard InChI is InChI=1S/C16H18N4O5S/c1-7(21)18-9-5-4-8(6-17-9)12(22)19-10-13(23)20-11(15(24)25)16(2,3)26-14(10)20/h4-6,10-11,14H,1-3H3,(H,19,22)(H,24,25)(H,17,18,21)/t10-,11-,14+/m1/s1. The summed E-state index contributed by atoms with van der Waals surface area (Å²) in [5.74, 6) is -1.90. The van der Waals surface area contributed by atoms with E-state index in [1.54, 1.807) is 13.8 Å². The Kier molecular flexibility index (Phi) is 4.39. The van der Waals surface area contributed by atoms with Crippen molar-refractivity contribution in [3.63, 3.8) is 0 Å². The lowest BCUT2D eigenvalue weighted by molar-refractivity contribution is -0.159. The zero-order valence-corrected chi connectivity index (χ0v) is 15.2. The molecule has 3 atom stereocenters. The van der Waals surface area contributed by atoms with Crippen LogP contribution in [0.3, 0.4) is 0 Å². The Hall–Kier alpha value is -2.62. The van der Waals surface area contributed by atoms with Crippen molar-refractivity contribution in [2.45, 2.75) is 43.0 Å². The predicted molar refractivity (Wildman–Crippen MR) is 93.5 cm³/mol. The van der Waals surface area contributed by atoms with Gasteiger partial charge in [0.2, 0.25) is 11.8 Å². The summed E-state index contributed by atoms with van der Waals surface area (Å²) < 4.78 is -0.646. The minimum Gasteiger partial charge on any atom is -0.480 e. The number of carboxylic acids is 1. The van der Waals surface area contributed by atoms with Crippen molar-refractivity contribution in [1.82, 2.24) is 15.2 Å². The number of carboxylic acid groups (broad SMARTS) is 1. The highest BCUT2D eigenvalue weighted by Crippen LogP contribution is 2.50. The summed E-state index contributed by atoms with van der Waals surface area (Å²) in [6.07, 6.45) is 1.30. The quantitative estimate of drug-likeness (QED) is 0.642. The van der Waals surface area contributed by atoms with Crippen molar-refractivity contribution in [2.24, 2.45) is 0 Å². The second kappa shape index (κ2) is 6.27. The molecule has 0 spiro atoms. The molecule has 2 saturated heterocycles. The number of fused-ring (bicyclic) bond motifs is 1. The molecule has 0 unspecified atom stereocenters. The van der Waals surface area contributed by atoms with Crippen molar-refractivity contribution in [3.05, 3.63) is 23.9 Å². The van der Waals surface area contributed by atoms with Gasteiger partial charge >= 0.3 is 5.97 Å². The monoisotopic (exact) mass is 378 g/mol. The number of hydrogen-bond donors (Lipinski definition) is 3. The summed E-state index contributed by atoms with van der Waals surface area (Å²) in [6, 6.07) is 1.28. The number of amides is 3. The lowest BCUT2D eigenvalue weighted by Crippen LogP contribution is -2.70. The van der Waals surface area contributed by atoms with Crippen molar-refractivity contribution in [2.75, 3.05) is 5.32 Å². The molecule has 138 valence electrons. The number of thioether (sulfide) groups is 1. The van der Waals surface area contributed by atoms with Crippen LogP contribution < -0.4 is 10.6 Å². The zero-order valence-electron chi connectivity index (χ0n) is 14.3. The van der Waals surface area contributed by atoms with Gasteiger partial charge in [-0.1, -0.05) is 0 Å². The minimum atomic E-state index is -1.05. The summed E-state index contributed by atoms with van der Waals surface area (Å²) in [5.41, 5.74) is 0.238. The maximum absolute atomic E-state index is 12.4. The van der Waals surface area contributed by atoms with Crippen LogP contribution in [0.25, 0.3) is 0 Å². The van der Waals surface area contributed by atoms with Gasteiger partial charge in [0, 0.05) is 17.9 Å². The molecular formula is C16H18N4O5S. The van der Waals surface area contributed by atoms with E-state index < -0.39 is 40.0 Å². The van der Waals surface area contributed by atoms with E-state index in [9.17, 15) is 24.3 Å². The second-order valence-corrected chi connectivity index (χ2v) is 8.43. The van der Waals surface area contributed by atoms with E-state index in [0.29, 0.717) is 5.82 Å². The molecule has 0 aromatic carbocycles. The van der Waals surface area contributed by atoms with Crippen LogP contribution in [-0.2, 0) is 14.4 Å². The molecule has 1 aromatic rings. The fourth-order valence-corrected chi connectivity index (χ4v) is 4.78. The number of β-lactam (4-membered cyclic amide) rings is 1. The van der Waals surface area contributed by atoms with Crippen molar-refractivity contribution < 1.29 is 24.3 Å². The average Bonchev–Trinajstić information content (AvgIpc) is 2.81. The topological polar surface area (TPSA) is 129 Å². The van der Waals surface area contributed by atoms with E-state index in [1.165, 1.54) is 41.9 Å². The Balaban J connectivity index is 1.69. The van der Waals surface area contributed by atoms with Gasteiger partial charge in [-0.3, -0.25) is 14.4 Å². The summed E-state index contributed by atoms with van der Waals surface area (Å²) >= 11 is 1.36. The van der Waals surface area contributed by atoms with Gasteiger partial charge in [0.25, 0.3) is 5.91 Å². The molecule has 3 heterocycles. The van der Waals surface area contributed by atoms with Gasteiger partial charge < -0.3 is 20.6 Å². The molecule has 3 amide bonds. The molecule has 1 aromatic heterocycles. The van der Waals surface area contributed by atoms with Gasteiger partial charge in [-0.2, -0.15) is 0 Å². The van der Waals surface area contributed by atoms with Crippen LogP contribution in [0.2, 0.25) is 0 Å². The lowest BCUT2D eigenvalue weighted by atomic mass is 9.96. The third-order valence-electron chi connectivity index (χ3n) is 4.29. The second-order valence-electron chi connectivity index (χ2n) is 6.66. The molecular weight excluding hydrogens is 360 g/mol. The van der Waals surface area contributed by atoms with Gasteiger partial charge in [0.05, 0.1) is 5.56 Å². The molecule has 10 heteroatoms. The summed E-state index contributed by atoms with van der Waals surface area (Å²) in [6.45, 7) is 4.89. The Bertz CT molecular complexity index is 794. The first kappa shape index (κ1) is 18.2. The fraction of sp³-hybridized carbons (Fsp3) is 0.438. The molecule has 2 aliphatic heterocycles. The van der Waals surface area contributed by atoms with Gasteiger partial charge in [-0.15, -0.1) is 11.8 Å². The lowest BCUT2D eigenvalue weighted by Gasteiger charge is -2.43. The molecule has 0 bridgehead atoms. The molecule has 2 fully saturated rings. The van der Waals surface area contributed by atoms with Crippen molar-refractivity contribution in [1.29, 1.82) is 0 Å². The van der Waals surface area contributed by atoms with Crippen LogP contribution in [0.4, 0.5) is 5.82 Å². The molecule has 0 radical (unpaired) electrons. The van der Waals surface area contributed by atoms with E-state index >= 15 is 0 Å². The maximum atomic E-state index is 12.4. The normalized spacial score (nSPS) is 25.9. The van der Waals surface area contributed by atoms with Crippen LogP contribution in [0.1, 0.15) is 31.1 Å². The number of nitrogens with one attached hydrogen (secondary N) is 2. The van der Waals surface area contributed by atoms with Crippen LogP contribution in [0.5, 0.6) is 0 Å². The van der Waals surface area contributed by atoms with Crippen molar-refractivity contribution >= 4 is 41.3 Å². The highest BCUT2D eigenvalue weighted by atomic mass is 32.2. The molecule has 26 heavy (non-hydrogen) atoms. The van der Waals surface area contributed by atoms with E-state index in [1.807, 2.05) is 0 Å². The van der Waals surface area contributed by atoms with Crippen LogP contribution in [0.15, 0.2) is 18.3 Å². The maximum Gasteiger partial charge on any atom is 0.327 e. The van der Waals surface area contributed by atoms with E-state index in [0.717, 1.165) is 0 Å². The number of carbonyl (C=O) groups excluding carboxylic acids is 3. The molecule has 0 aliphatic carbocycles. The number of rotatable bonds is 4. The zero-order chi connectivity index (χ0) is 19.2. The summed E-state index contributed by atoms with van der Waals surface area (Å²) in [5, 5.41) is 14.1. The first-order chi connectivity index (χ1) is 12.1. The van der Waals surface area contributed by atoms with Gasteiger partial charge in [0.1, 0.15) is 23.3 Å². The predicted octanol–water partition coefficient (Wildman–Crippen LogP) is 0.285. The van der Waals surface area contributed by atoms with E-state index in [2.05, 4.69) is 15.6 Å². The Morgan fingerprint density at radius 1 is 1.31 bits per heavy atom. The van der Waals surface area contributed by atoms with E-state index in [-0.39, 0.29) is 11.5 Å². The number of aromatic nitrogens is 1. The molecule has 3 N–H and O–H groups in total. The Morgan fingerprint density at radius 3 is 2.54 bits per heavy atom. The summed E-state index contributed by atoms with van der Waals surface area (Å²) in [7, 11) is 0. The highest BCUT2D eigenvalue weighted by Gasteiger charge is 2.64. The number of nitrogens with zero attached hydrogens (tertiary/aromatic N) is 2. The van der Waals surface area contributed by atoms with Crippen LogP contribution in [-0.4, -0.2) is 60.9 Å². The SMILES string of the molecule is CC(=O)Nc1ccc(C(=O)N[C@@H]2C(=O)N3[C@H]2SC(C)(C)[C@H]3C(=O)O)cn1. The first-order valence-electron chi connectivity index (χ1n) is 7.89. The van der Waals surface area contributed by atoms with Gasteiger partial charge in [0.15, 0.2) is 0 Å². The molecule has 3 rings (SSSR count). The van der Waals surface area contributed by atoms with E-state index in [4.69, 9.17) is 0 Å².